The second-order valence-electron chi connectivity index (χ2n) is 10.0. The lowest BCUT2D eigenvalue weighted by Crippen LogP contribution is -2.60. The number of anilines is 1. The fourth-order valence-electron chi connectivity index (χ4n) is 6.20. The molecule has 42 heavy (non-hydrogen) atoms. The number of para-hydroxylation sites is 1. The van der Waals surface area contributed by atoms with E-state index < -0.39 is 45.7 Å². The maximum absolute atomic E-state index is 14.9. The average Bonchev–Trinajstić information content (AvgIpc) is 3.47. The van der Waals surface area contributed by atoms with Gasteiger partial charge in [0.05, 0.1) is 35.6 Å². The van der Waals surface area contributed by atoms with Gasteiger partial charge in [-0.05, 0) is 44.0 Å². The quantitative estimate of drug-likeness (QED) is 0.183. The van der Waals surface area contributed by atoms with E-state index in [4.69, 9.17) is 9.47 Å². The lowest BCUT2D eigenvalue weighted by Gasteiger charge is -2.37. The molecule has 5 rings (SSSR count). The van der Waals surface area contributed by atoms with Crippen LogP contribution < -0.4 is 10.3 Å². The van der Waals surface area contributed by atoms with Crippen LogP contribution in [0.1, 0.15) is 43.9 Å². The van der Waals surface area contributed by atoms with E-state index in [1.54, 1.807) is 87.5 Å². The molecule has 0 aliphatic carbocycles. The first-order valence-electron chi connectivity index (χ1n) is 13.6. The van der Waals surface area contributed by atoms with Gasteiger partial charge >= 0.3 is 11.9 Å². The molecule has 0 radical (unpaired) electrons. The molecule has 3 atom stereocenters. The molecular formula is C31H30N4O7. The molecule has 3 aromatic carbocycles. The molecule has 11 heteroatoms. The molecule has 3 aromatic rings. The molecule has 0 saturated carbocycles. The lowest BCUT2D eigenvalue weighted by molar-refractivity contribution is -0.384. The van der Waals surface area contributed by atoms with Crippen molar-refractivity contribution in [2.45, 2.75) is 38.3 Å². The number of carbonyl (C=O) groups is 3. The Morgan fingerprint density at radius 3 is 2.07 bits per heavy atom. The number of hydrazone groups is 1. The smallest absolute Gasteiger partial charge is 0.338 e. The monoisotopic (exact) mass is 570 g/mol. The average molecular weight is 571 g/mol. The Hall–Kier alpha value is -4.90. The first-order valence-corrected chi connectivity index (χ1v) is 13.6. The van der Waals surface area contributed by atoms with Gasteiger partial charge in [0.1, 0.15) is 5.41 Å². The maximum atomic E-state index is 14.9. The standard InChI is InChI=1S/C31H30N4O7/c1-4-41-28(37)31(29(38)42-5-2)25(21-13-8-6-9-14-21)30(26(32-31)22-15-12-18-24(19-22)35(39)40)20(3)33-34(27(30)36)23-16-10-7-11-17-23/h6-19,25-26,32H,4-5H2,1-3H3/t25-,26+,30+/m0/s1. The number of hydrogen-bond acceptors (Lipinski definition) is 9. The SMILES string of the molecule is CCOC(=O)C1(C(=O)OCC)N[C@H](c2cccc([N+](=O)[O-])c2)[C@]2(C(=O)N(c3ccccc3)N=C2C)[C@@H]1c1ccccc1. The Bertz CT molecular complexity index is 1540. The number of carbonyl (C=O) groups excluding carboxylic acids is 3. The Labute approximate surface area is 242 Å². The molecule has 0 unspecified atom stereocenters. The van der Waals surface area contributed by atoms with E-state index in [9.17, 15) is 24.5 Å². The van der Waals surface area contributed by atoms with Crippen LogP contribution in [0.3, 0.4) is 0 Å². The second kappa shape index (κ2) is 11.2. The number of nitrogens with zero attached hydrogens (tertiary/aromatic N) is 3. The third kappa shape index (κ3) is 4.24. The zero-order valence-electron chi connectivity index (χ0n) is 23.4. The first kappa shape index (κ1) is 28.6. The number of amides is 1. The minimum Gasteiger partial charge on any atom is -0.464 e. The Kier molecular flexibility index (Phi) is 7.61. The summed E-state index contributed by atoms with van der Waals surface area (Å²) in [5, 5.41) is 20.9. The summed E-state index contributed by atoms with van der Waals surface area (Å²) in [6, 6.07) is 22.1. The van der Waals surface area contributed by atoms with Crippen molar-refractivity contribution in [2.24, 2.45) is 10.5 Å². The van der Waals surface area contributed by atoms with Crippen molar-refractivity contribution >= 4 is 34.9 Å². The van der Waals surface area contributed by atoms with Gasteiger partial charge in [0, 0.05) is 18.1 Å². The number of non-ortho nitro benzene ring substituents is 1. The van der Waals surface area contributed by atoms with Gasteiger partial charge in [-0.15, -0.1) is 0 Å². The highest BCUT2D eigenvalue weighted by Crippen LogP contribution is 2.61. The van der Waals surface area contributed by atoms with E-state index in [1.165, 1.54) is 23.2 Å². The van der Waals surface area contributed by atoms with Crippen molar-refractivity contribution in [1.82, 2.24) is 5.32 Å². The zero-order chi connectivity index (χ0) is 30.1. The highest BCUT2D eigenvalue weighted by atomic mass is 16.6. The molecule has 216 valence electrons. The predicted octanol–water partition coefficient (Wildman–Crippen LogP) is 4.30. The maximum Gasteiger partial charge on any atom is 0.338 e. The highest BCUT2D eigenvalue weighted by molar-refractivity contribution is 6.23. The van der Waals surface area contributed by atoms with E-state index in [-0.39, 0.29) is 18.9 Å². The number of esters is 2. The summed E-state index contributed by atoms with van der Waals surface area (Å²) in [5.74, 6) is -3.58. The third-order valence-corrected chi connectivity index (χ3v) is 7.85. The Morgan fingerprint density at radius 2 is 1.50 bits per heavy atom. The van der Waals surface area contributed by atoms with Crippen molar-refractivity contribution in [2.75, 3.05) is 18.2 Å². The third-order valence-electron chi connectivity index (χ3n) is 7.85. The Balaban J connectivity index is 1.87. The van der Waals surface area contributed by atoms with Gasteiger partial charge in [-0.1, -0.05) is 60.7 Å². The summed E-state index contributed by atoms with van der Waals surface area (Å²) in [5.41, 5.74) is -2.54. The molecule has 2 aliphatic rings. The van der Waals surface area contributed by atoms with Crippen LogP contribution in [0.25, 0.3) is 0 Å². The van der Waals surface area contributed by atoms with Crippen molar-refractivity contribution in [3.8, 4) is 0 Å². The van der Waals surface area contributed by atoms with Crippen LogP contribution in [-0.2, 0) is 23.9 Å². The molecular weight excluding hydrogens is 540 g/mol. The highest BCUT2D eigenvalue weighted by Gasteiger charge is 2.76. The van der Waals surface area contributed by atoms with Gasteiger partial charge in [0.25, 0.3) is 11.6 Å². The van der Waals surface area contributed by atoms with Crippen molar-refractivity contribution < 1.29 is 28.8 Å². The van der Waals surface area contributed by atoms with Gasteiger partial charge in [-0.25, -0.2) is 9.59 Å². The van der Waals surface area contributed by atoms with Crippen molar-refractivity contribution in [3.63, 3.8) is 0 Å². The van der Waals surface area contributed by atoms with Crippen LogP contribution in [-0.4, -0.2) is 47.2 Å². The molecule has 11 nitrogen and oxygen atoms in total. The van der Waals surface area contributed by atoms with E-state index in [1.807, 2.05) is 0 Å². The number of benzene rings is 3. The van der Waals surface area contributed by atoms with Crippen LogP contribution in [0.2, 0.25) is 0 Å². The van der Waals surface area contributed by atoms with Gasteiger partial charge in [-0.3, -0.25) is 20.2 Å². The number of hydrogen-bond donors (Lipinski definition) is 1. The van der Waals surface area contributed by atoms with Gasteiger partial charge in [0.15, 0.2) is 0 Å². The van der Waals surface area contributed by atoms with E-state index >= 15 is 0 Å². The topological polar surface area (TPSA) is 140 Å². The van der Waals surface area contributed by atoms with Gasteiger partial charge < -0.3 is 9.47 Å². The molecule has 0 aromatic heterocycles. The molecule has 1 saturated heterocycles. The van der Waals surface area contributed by atoms with E-state index in [0.717, 1.165) is 0 Å². The zero-order valence-corrected chi connectivity index (χ0v) is 23.4. The number of nitro groups is 1. The molecule has 1 N–H and O–H groups in total. The minimum atomic E-state index is -2.21. The normalized spacial score (nSPS) is 22.6. The van der Waals surface area contributed by atoms with Crippen LogP contribution in [0, 0.1) is 15.5 Å². The summed E-state index contributed by atoms with van der Waals surface area (Å²) in [6.07, 6.45) is 0. The summed E-state index contributed by atoms with van der Waals surface area (Å²) in [4.78, 5) is 54.3. The molecule has 1 spiro atoms. The van der Waals surface area contributed by atoms with Crippen molar-refractivity contribution in [1.29, 1.82) is 0 Å². The Morgan fingerprint density at radius 1 is 0.929 bits per heavy atom. The number of nitrogens with one attached hydrogen (secondary N) is 1. The van der Waals surface area contributed by atoms with Crippen LogP contribution in [0.5, 0.6) is 0 Å². The molecule has 0 bridgehead atoms. The number of ether oxygens (including phenoxy) is 2. The van der Waals surface area contributed by atoms with E-state index in [0.29, 0.717) is 22.5 Å². The molecule has 1 fully saturated rings. The van der Waals surface area contributed by atoms with Crippen LogP contribution in [0.15, 0.2) is 90.0 Å². The number of rotatable bonds is 8. The minimum absolute atomic E-state index is 0.0468. The fraction of sp³-hybridized carbons (Fsp3) is 0.290. The summed E-state index contributed by atoms with van der Waals surface area (Å²) >= 11 is 0. The second-order valence-corrected chi connectivity index (χ2v) is 10.0. The lowest BCUT2D eigenvalue weighted by atomic mass is 9.61. The molecule has 1 amide bonds. The predicted molar refractivity (Wildman–Crippen MR) is 154 cm³/mol. The summed E-state index contributed by atoms with van der Waals surface area (Å²) < 4.78 is 11.0. The fourth-order valence-corrected chi connectivity index (χ4v) is 6.20. The van der Waals surface area contributed by atoms with Gasteiger partial charge in [0.2, 0.25) is 5.54 Å². The van der Waals surface area contributed by atoms with Crippen molar-refractivity contribution in [3.05, 3.63) is 106 Å². The largest absolute Gasteiger partial charge is 0.464 e. The van der Waals surface area contributed by atoms with Crippen LogP contribution in [0.4, 0.5) is 11.4 Å². The molecule has 2 heterocycles. The molecule has 2 aliphatic heterocycles. The van der Waals surface area contributed by atoms with Gasteiger partial charge in [-0.2, -0.15) is 10.1 Å². The number of nitro benzene ring substituents is 1. The van der Waals surface area contributed by atoms with E-state index in [2.05, 4.69) is 10.4 Å². The summed E-state index contributed by atoms with van der Waals surface area (Å²) in [6.45, 7) is 4.79. The first-order chi connectivity index (χ1) is 20.2. The van der Waals surface area contributed by atoms with Crippen LogP contribution >= 0.6 is 0 Å². The summed E-state index contributed by atoms with van der Waals surface area (Å²) in [7, 11) is 0.